The molecule has 0 radical (unpaired) electrons. The van der Waals surface area contributed by atoms with Crippen molar-refractivity contribution >= 4 is 17.6 Å². The zero-order valence-corrected chi connectivity index (χ0v) is 11.5. The van der Waals surface area contributed by atoms with E-state index in [1.165, 1.54) is 13.3 Å². The van der Waals surface area contributed by atoms with E-state index in [9.17, 15) is 4.79 Å². The Kier molecular flexibility index (Phi) is 4.07. The quantitative estimate of drug-likeness (QED) is 0.290. The second-order valence-corrected chi connectivity index (χ2v) is 4.28. The SMILES string of the molecule is COc1cc(C(=O)Nc2[nH]ncc2C(N)=NO)ccc1C. The Morgan fingerprint density at radius 1 is 1.52 bits per heavy atom. The van der Waals surface area contributed by atoms with Gasteiger partial charge in [0.15, 0.2) is 5.84 Å². The Balaban J connectivity index is 2.25. The molecule has 1 heterocycles. The zero-order valence-electron chi connectivity index (χ0n) is 11.5. The number of H-pyrrole nitrogens is 1. The summed E-state index contributed by atoms with van der Waals surface area (Å²) in [6, 6.07) is 5.09. The number of aromatic amines is 1. The van der Waals surface area contributed by atoms with Crippen molar-refractivity contribution in [2.45, 2.75) is 6.92 Å². The molecule has 110 valence electrons. The van der Waals surface area contributed by atoms with Crippen LogP contribution in [0.1, 0.15) is 21.5 Å². The number of methoxy groups -OCH3 is 1. The summed E-state index contributed by atoms with van der Waals surface area (Å²) in [5, 5.41) is 20.5. The minimum absolute atomic E-state index is 0.152. The minimum Gasteiger partial charge on any atom is -0.496 e. The maximum Gasteiger partial charge on any atom is 0.256 e. The lowest BCUT2D eigenvalue weighted by Gasteiger charge is -2.08. The summed E-state index contributed by atoms with van der Waals surface area (Å²) < 4.78 is 5.18. The van der Waals surface area contributed by atoms with E-state index in [-0.39, 0.29) is 17.6 Å². The molecule has 0 fully saturated rings. The van der Waals surface area contributed by atoms with Gasteiger partial charge in [-0.1, -0.05) is 11.2 Å². The van der Waals surface area contributed by atoms with Crippen LogP contribution in [0.4, 0.5) is 5.82 Å². The van der Waals surface area contributed by atoms with Crippen molar-refractivity contribution < 1.29 is 14.7 Å². The van der Waals surface area contributed by atoms with E-state index in [0.717, 1.165) is 5.56 Å². The molecule has 0 unspecified atom stereocenters. The van der Waals surface area contributed by atoms with Gasteiger partial charge in [0.25, 0.3) is 5.91 Å². The number of nitrogens with two attached hydrogens (primary N) is 1. The molecule has 8 heteroatoms. The van der Waals surface area contributed by atoms with Crippen LogP contribution in [0, 0.1) is 6.92 Å². The summed E-state index contributed by atoms with van der Waals surface area (Å²) in [5.74, 6) is 0.337. The molecule has 0 bridgehead atoms. The van der Waals surface area contributed by atoms with Gasteiger partial charge >= 0.3 is 0 Å². The highest BCUT2D eigenvalue weighted by Gasteiger charge is 2.14. The molecule has 0 saturated carbocycles. The fraction of sp³-hybridized carbons (Fsp3) is 0.154. The first-order valence-corrected chi connectivity index (χ1v) is 6.04. The van der Waals surface area contributed by atoms with Crippen LogP contribution in [-0.4, -0.2) is 34.3 Å². The van der Waals surface area contributed by atoms with Crippen molar-refractivity contribution in [2.24, 2.45) is 10.9 Å². The van der Waals surface area contributed by atoms with Gasteiger partial charge in [-0.3, -0.25) is 9.89 Å². The number of ether oxygens (including phenoxy) is 1. The highest BCUT2D eigenvalue weighted by atomic mass is 16.5. The van der Waals surface area contributed by atoms with Crippen LogP contribution >= 0.6 is 0 Å². The third-order valence-corrected chi connectivity index (χ3v) is 2.93. The molecule has 1 amide bonds. The highest BCUT2D eigenvalue weighted by Crippen LogP contribution is 2.20. The van der Waals surface area contributed by atoms with E-state index in [2.05, 4.69) is 20.7 Å². The summed E-state index contributed by atoms with van der Waals surface area (Å²) in [4.78, 5) is 12.2. The van der Waals surface area contributed by atoms with Crippen LogP contribution in [0.25, 0.3) is 0 Å². The molecule has 0 aliphatic carbocycles. The molecule has 0 aliphatic heterocycles. The number of carbonyl (C=O) groups excluding carboxylic acids is 1. The van der Waals surface area contributed by atoms with Gasteiger partial charge in [-0.15, -0.1) is 0 Å². The number of nitrogens with one attached hydrogen (secondary N) is 2. The Morgan fingerprint density at radius 3 is 2.95 bits per heavy atom. The molecule has 5 N–H and O–H groups in total. The van der Waals surface area contributed by atoms with Crippen LogP contribution in [0.2, 0.25) is 0 Å². The van der Waals surface area contributed by atoms with Gasteiger partial charge < -0.3 is 21.0 Å². The predicted octanol–water partition coefficient (Wildman–Crippen LogP) is 1.07. The van der Waals surface area contributed by atoms with Crippen LogP contribution < -0.4 is 15.8 Å². The lowest BCUT2D eigenvalue weighted by Crippen LogP contribution is -2.18. The van der Waals surface area contributed by atoms with Gasteiger partial charge in [-0.05, 0) is 24.6 Å². The number of aromatic nitrogens is 2. The summed E-state index contributed by atoms with van der Waals surface area (Å²) in [7, 11) is 1.54. The molecule has 2 rings (SSSR count). The number of aryl methyl sites for hydroxylation is 1. The molecule has 1 aromatic heterocycles. The third-order valence-electron chi connectivity index (χ3n) is 2.93. The van der Waals surface area contributed by atoms with Crippen LogP contribution in [-0.2, 0) is 0 Å². The van der Waals surface area contributed by atoms with E-state index in [4.69, 9.17) is 15.7 Å². The molecule has 21 heavy (non-hydrogen) atoms. The average Bonchev–Trinajstić information content (AvgIpc) is 2.94. The number of benzene rings is 1. The number of carbonyl (C=O) groups is 1. The van der Waals surface area contributed by atoms with E-state index < -0.39 is 0 Å². The second-order valence-electron chi connectivity index (χ2n) is 4.28. The van der Waals surface area contributed by atoms with Crippen molar-refractivity contribution in [1.82, 2.24) is 10.2 Å². The monoisotopic (exact) mass is 289 g/mol. The fourth-order valence-electron chi connectivity index (χ4n) is 1.78. The van der Waals surface area contributed by atoms with Crippen LogP contribution in [0.15, 0.2) is 29.6 Å². The number of nitrogens with zero attached hydrogens (tertiary/aromatic N) is 2. The molecular weight excluding hydrogens is 274 g/mol. The average molecular weight is 289 g/mol. The summed E-state index contributed by atoms with van der Waals surface area (Å²) in [6.07, 6.45) is 1.35. The number of oxime groups is 1. The van der Waals surface area contributed by atoms with E-state index >= 15 is 0 Å². The van der Waals surface area contributed by atoms with Gasteiger partial charge in [-0.2, -0.15) is 5.10 Å². The van der Waals surface area contributed by atoms with Gasteiger partial charge in [0.2, 0.25) is 0 Å². The minimum atomic E-state index is -0.371. The second kappa shape index (κ2) is 5.95. The third kappa shape index (κ3) is 2.94. The Bertz CT molecular complexity index is 693. The molecule has 0 atom stereocenters. The first kappa shape index (κ1) is 14.4. The standard InChI is InChI=1S/C13H15N5O3/c1-7-3-4-8(5-10(7)21-2)13(19)16-12-9(6-15-17-12)11(14)18-20/h3-6,20H,1-2H3,(H2,14,18)(H2,15,16,17,19). The fourth-order valence-corrected chi connectivity index (χ4v) is 1.78. The van der Waals surface area contributed by atoms with Crippen molar-refractivity contribution in [3.63, 3.8) is 0 Å². The van der Waals surface area contributed by atoms with E-state index in [1.54, 1.807) is 18.2 Å². The van der Waals surface area contributed by atoms with Gasteiger partial charge in [-0.25, -0.2) is 0 Å². The molecule has 2 aromatic rings. The highest BCUT2D eigenvalue weighted by molar-refractivity contribution is 6.09. The molecule has 0 spiro atoms. The van der Waals surface area contributed by atoms with E-state index in [0.29, 0.717) is 16.9 Å². The zero-order chi connectivity index (χ0) is 15.4. The smallest absolute Gasteiger partial charge is 0.256 e. The van der Waals surface area contributed by atoms with E-state index in [1.807, 2.05) is 6.92 Å². The van der Waals surface area contributed by atoms with Crippen molar-refractivity contribution in [1.29, 1.82) is 0 Å². The number of amidine groups is 1. The topological polar surface area (TPSA) is 126 Å². The summed E-state index contributed by atoms with van der Waals surface area (Å²) in [5.41, 5.74) is 7.12. The molecular formula is C13H15N5O3. The Morgan fingerprint density at radius 2 is 2.29 bits per heavy atom. The molecule has 8 nitrogen and oxygen atoms in total. The molecule has 0 aliphatic rings. The van der Waals surface area contributed by atoms with Gasteiger partial charge in [0.1, 0.15) is 11.6 Å². The predicted molar refractivity (Wildman–Crippen MR) is 76.8 cm³/mol. The summed E-state index contributed by atoms with van der Waals surface area (Å²) in [6.45, 7) is 1.88. The van der Waals surface area contributed by atoms with Crippen LogP contribution in [0.5, 0.6) is 5.75 Å². The maximum atomic E-state index is 12.2. The lowest BCUT2D eigenvalue weighted by molar-refractivity contribution is 0.102. The molecule has 0 saturated heterocycles. The number of rotatable bonds is 4. The Labute approximate surface area is 120 Å². The maximum absolute atomic E-state index is 12.2. The van der Waals surface area contributed by atoms with Gasteiger partial charge in [0.05, 0.1) is 18.9 Å². The Hall–Kier alpha value is -3.03. The lowest BCUT2D eigenvalue weighted by atomic mass is 10.1. The van der Waals surface area contributed by atoms with Crippen LogP contribution in [0.3, 0.4) is 0 Å². The van der Waals surface area contributed by atoms with Crippen molar-refractivity contribution in [3.8, 4) is 5.75 Å². The van der Waals surface area contributed by atoms with Gasteiger partial charge in [0, 0.05) is 5.56 Å². The van der Waals surface area contributed by atoms with Crippen molar-refractivity contribution in [3.05, 3.63) is 41.1 Å². The molecule has 1 aromatic carbocycles. The number of hydrogen-bond donors (Lipinski definition) is 4. The van der Waals surface area contributed by atoms with Crippen molar-refractivity contribution in [2.75, 3.05) is 12.4 Å². The normalized spacial score (nSPS) is 11.2. The number of hydrogen-bond acceptors (Lipinski definition) is 5. The number of anilines is 1. The largest absolute Gasteiger partial charge is 0.496 e. The first-order chi connectivity index (χ1) is 10.1. The summed E-state index contributed by atoms with van der Waals surface area (Å²) >= 11 is 0. The first-order valence-electron chi connectivity index (χ1n) is 6.04. The number of amides is 1.